The summed E-state index contributed by atoms with van der Waals surface area (Å²) in [7, 11) is 0. The maximum absolute atomic E-state index is 5.15. The smallest absolute Gasteiger partial charge is 0.162 e. The maximum Gasteiger partial charge on any atom is 0.162 e. The summed E-state index contributed by atoms with van der Waals surface area (Å²) in [5.41, 5.74) is 6.24. The minimum Gasteiger partial charge on any atom is -0.304 e. The molecule has 3 aromatic carbocycles. The van der Waals surface area contributed by atoms with Crippen molar-refractivity contribution < 1.29 is 0 Å². The monoisotopic (exact) mass is 383 g/mol. The van der Waals surface area contributed by atoms with E-state index in [2.05, 4.69) is 116 Å². The molecule has 0 radical (unpaired) electrons. The first-order chi connectivity index (χ1) is 14.1. The number of hydrazone groups is 1. The van der Waals surface area contributed by atoms with E-state index < -0.39 is 0 Å². The molecule has 0 amide bonds. The number of nitrogens with zero attached hydrogens (tertiary/aromatic N) is 3. The van der Waals surface area contributed by atoms with E-state index in [0.29, 0.717) is 18.5 Å². The van der Waals surface area contributed by atoms with Gasteiger partial charge in [-0.2, -0.15) is 5.10 Å². The van der Waals surface area contributed by atoms with Gasteiger partial charge < -0.3 is 4.90 Å². The normalized spacial score (nSPS) is 14.1. The van der Waals surface area contributed by atoms with Gasteiger partial charge in [0.1, 0.15) is 6.67 Å². The Balaban J connectivity index is 1.85. The fourth-order valence-electron chi connectivity index (χ4n) is 3.94. The van der Waals surface area contributed by atoms with Crippen molar-refractivity contribution in [2.75, 3.05) is 16.6 Å². The van der Waals surface area contributed by atoms with E-state index in [9.17, 15) is 0 Å². The van der Waals surface area contributed by atoms with E-state index in [1.165, 1.54) is 16.8 Å². The molecule has 1 aliphatic heterocycles. The largest absolute Gasteiger partial charge is 0.304 e. The SMILES string of the molecule is CC(C)c1cccc(C(C)C)c1N1CN(c2ccccc2)C(c2ccccc2)=N1. The summed E-state index contributed by atoms with van der Waals surface area (Å²) in [5.74, 6) is 1.86. The van der Waals surface area contributed by atoms with Crippen molar-refractivity contribution in [1.29, 1.82) is 0 Å². The molecule has 0 atom stereocenters. The number of hydrogen-bond donors (Lipinski definition) is 0. The zero-order valence-corrected chi connectivity index (χ0v) is 17.7. The molecular weight excluding hydrogens is 354 g/mol. The van der Waals surface area contributed by atoms with E-state index in [1.807, 2.05) is 0 Å². The number of hydrogen-bond acceptors (Lipinski definition) is 3. The van der Waals surface area contributed by atoms with E-state index in [0.717, 1.165) is 17.1 Å². The average Bonchev–Trinajstić information content (AvgIpc) is 3.19. The molecule has 3 heteroatoms. The molecule has 0 aromatic heterocycles. The van der Waals surface area contributed by atoms with E-state index in [4.69, 9.17) is 5.10 Å². The van der Waals surface area contributed by atoms with Crippen LogP contribution < -0.4 is 9.91 Å². The van der Waals surface area contributed by atoms with Gasteiger partial charge in [-0.25, -0.2) is 5.01 Å². The van der Waals surface area contributed by atoms with Gasteiger partial charge in [0.2, 0.25) is 0 Å². The predicted molar refractivity (Wildman–Crippen MR) is 124 cm³/mol. The van der Waals surface area contributed by atoms with Crippen LogP contribution in [0.25, 0.3) is 0 Å². The summed E-state index contributed by atoms with van der Waals surface area (Å²) in [4.78, 5) is 2.30. The van der Waals surface area contributed by atoms with Crippen LogP contribution in [0.1, 0.15) is 56.2 Å². The van der Waals surface area contributed by atoms with Crippen LogP contribution in [-0.2, 0) is 0 Å². The molecular formula is C26H29N3. The number of para-hydroxylation sites is 2. The molecule has 0 bridgehead atoms. The van der Waals surface area contributed by atoms with Crippen LogP contribution in [-0.4, -0.2) is 12.5 Å². The first-order valence-corrected chi connectivity index (χ1v) is 10.4. The highest BCUT2D eigenvalue weighted by Gasteiger charge is 2.29. The molecule has 0 saturated carbocycles. The van der Waals surface area contributed by atoms with Gasteiger partial charge in [-0.1, -0.05) is 94.4 Å². The molecule has 4 rings (SSSR count). The lowest BCUT2D eigenvalue weighted by molar-refractivity contribution is 0.798. The standard InChI is InChI=1S/C26H29N3/c1-19(2)23-16-11-17-24(20(3)4)25(23)29-18-28(22-14-9-6-10-15-22)26(27-29)21-12-7-5-8-13-21/h5-17,19-20H,18H2,1-4H3. The highest BCUT2D eigenvalue weighted by atomic mass is 15.6. The third-order valence-corrected chi connectivity index (χ3v) is 5.45. The molecule has 0 unspecified atom stereocenters. The molecule has 3 aromatic rings. The highest BCUT2D eigenvalue weighted by Crippen LogP contribution is 2.38. The summed E-state index contributed by atoms with van der Waals surface area (Å²) < 4.78 is 0. The third-order valence-electron chi connectivity index (χ3n) is 5.45. The summed E-state index contributed by atoms with van der Waals surface area (Å²) in [6, 6.07) is 27.7. The van der Waals surface area contributed by atoms with E-state index >= 15 is 0 Å². The van der Waals surface area contributed by atoms with Crippen molar-refractivity contribution in [3.8, 4) is 0 Å². The summed E-state index contributed by atoms with van der Waals surface area (Å²) in [6.45, 7) is 9.74. The maximum atomic E-state index is 5.15. The summed E-state index contributed by atoms with van der Waals surface area (Å²) in [6.07, 6.45) is 0. The molecule has 3 nitrogen and oxygen atoms in total. The zero-order chi connectivity index (χ0) is 20.4. The van der Waals surface area contributed by atoms with Crippen molar-refractivity contribution in [3.63, 3.8) is 0 Å². The quantitative estimate of drug-likeness (QED) is 0.495. The Morgan fingerprint density at radius 1 is 0.690 bits per heavy atom. The lowest BCUT2D eigenvalue weighted by Crippen LogP contribution is -2.32. The number of rotatable bonds is 5. The lowest BCUT2D eigenvalue weighted by Gasteiger charge is -2.27. The van der Waals surface area contributed by atoms with E-state index in [-0.39, 0.29) is 0 Å². The van der Waals surface area contributed by atoms with Crippen molar-refractivity contribution in [2.24, 2.45) is 5.10 Å². The van der Waals surface area contributed by atoms with Gasteiger partial charge in [0.25, 0.3) is 0 Å². The van der Waals surface area contributed by atoms with Gasteiger partial charge in [0, 0.05) is 11.3 Å². The first-order valence-electron chi connectivity index (χ1n) is 10.4. The Morgan fingerprint density at radius 3 is 1.79 bits per heavy atom. The molecule has 0 fully saturated rings. The van der Waals surface area contributed by atoms with Crippen LogP contribution in [0.2, 0.25) is 0 Å². The van der Waals surface area contributed by atoms with Gasteiger partial charge in [-0.15, -0.1) is 0 Å². The molecule has 148 valence electrons. The van der Waals surface area contributed by atoms with Crippen LogP contribution in [0.4, 0.5) is 11.4 Å². The zero-order valence-electron chi connectivity index (χ0n) is 17.7. The third kappa shape index (κ3) is 3.77. The number of anilines is 2. The Morgan fingerprint density at radius 2 is 1.24 bits per heavy atom. The first kappa shape index (κ1) is 19.3. The van der Waals surface area contributed by atoms with Crippen LogP contribution in [0.3, 0.4) is 0 Å². The fraction of sp³-hybridized carbons (Fsp3) is 0.269. The Labute approximate surface area is 174 Å². The van der Waals surface area contributed by atoms with Gasteiger partial charge in [0.15, 0.2) is 5.84 Å². The summed E-state index contributed by atoms with van der Waals surface area (Å²) >= 11 is 0. The molecule has 0 spiro atoms. The van der Waals surface area contributed by atoms with Gasteiger partial charge in [0.05, 0.1) is 5.69 Å². The highest BCUT2D eigenvalue weighted by molar-refractivity contribution is 6.12. The lowest BCUT2D eigenvalue weighted by atomic mass is 9.92. The van der Waals surface area contributed by atoms with Crippen LogP contribution in [0, 0.1) is 0 Å². The minimum absolute atomic E-state index is 0.435. The Hall–Kier alpha value is -3.07. The van der Waals surface area contributed by atoms with Crippen molar-refractivity contribution >= 4 is 17.2 Å². The van der Waals surface area contributed by atoms with Gasteiger partial charge >= 0.3 is 0 Å². The fourth-order valence-corrected chi connectivity index (χ4v) is 3.94. The van der Waals surface area contributed by atoms with Crippen molar-refractivity contribution in [3.05, 3.63) is 95.6 Å². The Kier molecular flexibility index (Phi) is 5.39. The second kappa shape index (κ2) is 8.12. The van der Waals surface area contributed by atoms with Crippen molar-refractivity contribution in [2.45, 2.75) is 39.5 Å². The topological polar surface area (TPSA) is 18.8 Å². The Bertz CT molecular complexity index is 965. The predicted octanol–water partition coefficient (Wildman–Crippen LogP) is 6.58. The van der Waals surface area contributed by atoms with Gasteiger partial charge in [-0.3, -0.25) is 0 Å². The average molecular weight is 384 g/mol. The molecule has 0 saturated heterocycles. The van der Waals surface area contributed by atoms with Crippen LogP contribution in [0.15, 0.2) is 84.0 Å². The second-order valence-corrected chi connectivity index (χ2v) is 8.19. The van der Waals surface area contributed by atoms with Crippen LogP contribution in [0.5, 0.6) is 0 Å². The van der Waals surface area contributed by atoms with E-state index in [1.54, 1.807) is 0 Å². The second-order valence-electron chi connectivity index (χ2n) is 8.19. The number of benzene rings is 3. The number of amidine groups is 1. The molecule has 0 N–H and O–H groups in total. The molecule has 0 aliphatic carbocycles. The molecule has 1 heterocycles. The minimum atomic E-state index is 0.435. The van der Waals surface area contributed by atoms with Crippen LogP contribution >= 0.6 is 0 Å². The van der Waals surface area contributed by atoms with Crippen molar-refractivity contribution in [1.82, 2.24) is 0 Å². The summed E-state index contributed by atoms with van der Waals surface area (Å²) in [5, 5.41) is 7.34. The molecule has 1 aliphatic rings. The molecule has 29 heavy (non-hydrogen) atoms. The van der Waals surface area contributed by atoms with Gasteiger partial charge in [-0.05, 0) is 35.1 Å².